The molecule has 0 bridgehead atoms. The smallest absolute Gasteiger partial charge is 0.0628 e. The SMILES string of the molecule is CC1CN(C(CO)c2cccc(Cl)c2)CCN1C. The number of hydrogen-bond donors (Lipinski definition) is 1. The van der Waals surface area contributed by atoms with Crippen LogP contribution in [0, 0.1) is 0 Å². The number of hydrogen-bond acceptors (Lipinski definition) is 3. The third kappa shape index (κ3) is 3.04. The molecule has 0 aliphatic carbocycles. The van der Waals surface area contributed by atoms with E-state index in [1.165, 1.54) is 0 Å². The zero-order chi connectivity index (χ0) is 13.1. The predicted octanol–water partition coefficient (Wildman–Crippen LogP) is 2.01. The van der Waals surface area contributed by atoms with E-state index in [-0.39, 0.29) is 12.6 Å². The van der Waals surface area contributed by atoms with Gasteiger partial charge in [0.05, 0.1) is 12.6 Å². The van der Waals surface area contributed by atoms with Crippen LogP contribution in [0.4, 0.5) is 0 Å². The fraction of sp³-hybridized carbons (Fsp3) is 0.571. The first-order chi connectivity index (χ1) is 8.61. The van der Waals surface area contributed by atoms with Gasteiger partial charge >= 0.3 is 0 Å². The second-order valence-electron chi connectivity index (χ2n) is 5.08. The third-order valence-electron chi connectivity index (χ3n) is 3.84. The average molecular weight is 269 g/mol. The number of benzene rings is 1. The molecule has 1 aromatic rings. The molecule has 1 saturated heterocycles. The van der Waals surface area contributed by atoms with Crippen molar-refractivity contribution in [2.24, 2.45) is 0 Å². The zero-order valence-electron chi connectivity index (χ0n) is 11.0. The van der Waals surface area contributed by atoms with E-state index in [0.717, 1.165) is 30.2 Å². The number of nitrogens with zero attached hydrogens (tertiary/aromatic N) is 2. The van der Waals surface area contributed by atoms with Gasteiger partial charge in [0.15, 0.2) is 0 Å². The molecular formula is C14H21ClN2O. The quantitative estimate of drug-likeness (QED) is 0.909. The van der Waals surface area contributed by atoms with Crippen LogP contribution in [-0.4, -0.2) is 54.2 Å². The van der Waals surface area contributed by atoms with Crippen LogP contribution in [0.5, 0.6) is 0 Å². The highest BCUT2D eigenvalue weighted by molar-refractivity contribution is 6.30. The van der Waals surface area contributed by atoms with Crippen molar-refractivity contribution in [3.63, 3.8) is 0 Å². The first-order valence-electron chi connectivity index (χ1n) is 6.42. The Morgan fingerprint density at radius 1 is 1.44 bits per heavy atom. The van der Waals surface area contributed by atoms with Crippen molar-refractivity contribution in [1.82, 2.24) is 9.80 Å². The van der Waals surface area contributed by atoms with Crippen LogP contribution in [0.15, 0.2) is 24.3 Å². The Bertz CT molecular complexity index is 399. The topological polar surface area (TPSA) is 26.7 Å². The number of aliphatic hydroxyl groups is 1. The molecule has 0 radical (unpaired) electrons. The summed E-state index contributed by atoms with van der Waals surface area (Å²) in [5.74, 6) is 0. The minimum absolute atomic E-state index is 0.0554. The molecule has 2 atom stereocenters. The maximum Gasteiger partial charge on any atom is 0.0628 e. The van der Waals surface area contributed by atoms with Crippen molar-refractivity contribution in [2.45, 2.75) is 19.0 Å². The minimum atomic E-state index is 0.0554. The monoisotopic (exact) mass is 268 g/mol. The van der Waals surface area contributed by atoms with E-state index in [1.54, 1.807) is 0 Å². The van der Waals surface area contributed by atoms with E-state index < -0.39 is 0 Å². The highest BCUT2D eigenvalue weighted by Gasteiger charge is 2.27. The Balaban J connectivity index is 2.14. The Morgan fingerprint density at radius 3 is 2.83 bits per heavy atom. The molecule has 100 valence electrons. The zero-order valence-corrected chi connectivity index (χ0v) is 11.8. The van der Waals surface area contributed by atoms with Crippen LogP contribution in [-0.2, 0) is 0 Å². The largest absolute Gasteiger partial charge is 0.394 e. The molecule has 2 unspecified atom stereocenters. The summed E-state index contributed by atoms with van der Waals surface area (Å²) in [4.78, 5) is 4.69. The average Bonchev–Trinajstić information content (AvgIpc) is 2.35. The summed E-state index contributed by atoms with van der Waals surface area (Å²) in [6.45, 7) is 5.36. The van der Waals surface area contributed by atoms with Crippen LogP contribution in [0.25, 0.3) is 0 Å². The number of aliphatic hydroxyl groups excluding tert-OH is 1. The lowest BCUT2D eigenvalue weighted by Crippen LogP contribution is -2.51. The van der Waals surface area contributed by atoms with E-state index in [2.05, 4.69) is 23.8 Å². The summed E-state index contributed by atoms with van der Waals surface area (Å²) >= 11 is 6.03. The van der Waals surface area contributed by atoms with E-state index in [4.69, 9.17) is 11.6 Å². The summed E-state index contributed by atoms with van der Waals surface area (Å²) in [6.07, 6.45) is 0. The van der Waals surface area contributed by atoms with E-state index in [9.17, 15) is 5.11 Å². The number of rotatable bonds is 3. The number of piperazine rings is 1. The summed E-state index contributed by atoms with van der Waals surface area (Å²) < 4.78 is 0. The van der Waals surface area contributed by atoms with Crippen molar-refractivity contribution in [1.29, 1.82) is 0 Å². The fourth-order valence-electron chi connectivity index (χ4n) is 2.51. The molecule has 3 nitrogen and oxygen atoms in total. The molecule has 0 amide bonds. The maximum absolute atomic E-state index is 9.68. The lowest BCUT2D eigenvalue weighted by Gasteiger charge is -2.41. The Kier molecular flexibility index (Phi) is 4.62. The molecule has 0 aromatic heterocycles. The van der Waals surface area contributed by atoms with Gasteiger partial charge in [-0.25, -0.2) is 0 Å². The van der Waals surface area contributed by atoms with Gasteiger partial charge in [-0.05, 0) is 31.7 Å². The van der Waals surface area contributed by atoms with Crippen molar-refractivity contribution in [3.05, 3.63) is 34.9 Å². The standard InChI is InChI=1S/C14H21ClN2O/c1-11-9-17(7-6-16(11)2)14(10-18)12-4-3-5-13(15)8-12/h3-5,8,11,14,18H,6-7,9-10H2,1-2H3. The third-order valence-corrected chi connectivity index (χ3v) is 4.07. The summed E-state index contributed by atoms with van der Waals surface area (Å²) in [5.41, 5.74) is 1.10. The molecule has 1 aliphatic heterocycles. The van der Waals surface area contributed by atoms with Gasteiger partial charge in [0.1, 0.15) is 0 Å². The van der Waals surface area contributed by atoms with Gasteiger partial charge in [-0.1, -0.05) is 23.7 Å². The van der Waals surface area contributed by atoms with Crippen LogP contribution < -0.4 is 0 Å². The molecule has 1 fully saturated rings. The number of likely N-dealkylation sites (N-methyl/N-ethyl adjacent to an activating group) is 1. The first-order valence-corrected chi connectivity index (χ1v) is 6.80. The van der Waals surface area contributed by atoms with E-state index in [1.807, 2.05) is 24.3 Å². The molecule has 18 heavy (non-hydrogen) atoms. The normalized spacial score (nSPS) is 24.1. The molecule has 1 aromatic carbocycles. The number of halogens is 1. The van der Waals surface area contributed by atoms with Gasteiger partial charge in [-0.15, -0.1) is 0 Å². The predicted molar refractivity (Wildman–Crippen MR) is 74.9 cm³/mol. The summed E-state index contributed by atoms with van der Waals surface area (Å²) in [7, 11) is 2.15. The van der Waals surface area contributed by atoms with Crippen molar-refractivity contribution < 1.29 is 5.11 Å². The van der Waals surface area contributed by atoms with E-state index >= 15 is 0 Å². The van der Waals surface area contributed by atoms with Crippen molar-refractivity contribution >= 4 is 11.6 Å². The highest BCUT2D eigenvalue weighted by Crippen LogP contribution is 2.25. The summed E-state index contributed by atoms with van der Waals surface area (Å²) in [5, 5.41) is 10.4. The Morgan fingerprint density at radius 2 is 2.22 bits per heavy atom. The van der Waals surface area contributed by atoms with Crippen LogP contribution >= 0.6 is 11.6 Å². The van der Waals surface area contributed by atoms with Crippen molar-refractivity contribution in [2.75, 3.05) is 33.3 Å². The summed E-state index contributed by atoms with van der Waals surface area (Å²) in [6, 6.07) is 8.37. The van der Waals surface area contributed by atoms with E-state index in [0.29, 0.717) is 6.04 Å². The Hall–Kier alpha value is -0.610. The van der Waals surface area contributed by atoms with Gasteiger partial charge < -0.3 is 10.0 Å². The molecule has 2 rings (SSSR count). The van der Waals surface area contributed by atoms with Gasteiger partial charge in [0.25, 0.3) is 0 Å². The van der Waals surface area contributed by atoms with Gasteiger partial charge in [0.2, 0.25) is 0 Å². The van der Waals surface area contributed by atoms with Crippen LogP contribution in [0.2, 0.25) is 5.02 Å². The second-order valence-corrected chi connectivity index (χ2v) is 5.51. The Labute approximate surface area is 114 Å². The molecule has 0 spiro atoms. The minimum Gasteiger partial charge on any atom is -0.394 e. The molecular weight excluding hydrogens is 248 g/mol. The second kappa shape index (κ2) is 6.02. The molecule has 1 aliphatic rings. The molecule has 4 heteroatoms. The van der Waals surface area contributed by atoms with Crippen LogP contribution in [0.1, 0.15) is 18.5 Å². The van der Waals surface area contributed by atoms with Crippen molar-refractivity contribution in [3.8, 4) is 0 Å². The maximum atomic E-state index is 9.68. The lowest BCUT2D eigenvalue weighted by molar-refractivity contribution is 0.0464. The first kappa shape index (κ1) is 13.8. The molecule has 0 saturated carbocycles. The molecule has 1 heterocycles. The van der Waals surface area contributed by atoms with Gasteiger partial charge in [0, 0.05) is 30.7 Å². The van der Waals surface area contributed by atoms with Crippen LogP contribution in [0.3, 0.4) is 0 Å². The highest BCUT2D eigenvalue weighted by atomic mass is 35.5. The lowest BCUT2D eigenvalue weighted by atomic mass is 10.0. The molecule has 1 N–H and O–H groups in total. The fourth-order valence-corrected chi connectivity index (χ4v) is 2.70. The van der Waals surface area contributed by atoms with Gasteiger partial charge in [-0.3, -0.25) is 4.90 Å². The van der Waals surface area contributed by atoms with Gasteiger partial charge in [-0.2, -0.15) is 0 Å².